The number of halogens is 2. The SMILES string of the molecule is O=C(Nc1ncc(Cc2ccc(Cl)cc2)s1)c1ccccc1F. The van der Waals surface area contributed by atoms with Gasteiger partial charge in [0.05, 0.1) is 5.56 Å². The Labute approximate surface area is 141 Å². The molecule has 0 atom stereocenters. The number of rotatable bonds is 4. The average molecular weight is 347 g/mol. The summed E-state index contributed by atoms with van der Waals surface area (Å²) in [6.45, 7) is 0. The second-order valence-electron chi connectivity index (χ2n) is 4.87. The van der Waals surface area contributed by atoms with Gasteiger partial charge in [-0.1, -0.05) is 35.9 Å². The van der Waals surface area contributed by atoms with Crippen LogP contribution < -0.4 is 5.32 Å². The predicted octanol–water partition coefficient (Wildman–Crippen LogP) is 4.78. The molecule has 0 unspecified atom stereocenters. The summed E-state index contributed by atoms with van der Waals surface area (Å²) in [7, 11) is 0. The van der Waals surface area contributed by atoms with Gasteiger partial charge >= 0.3 is 0 Å². The van der Waals surface area contributed by atoms with Crippen LogP contribution in [0.2, 0.25) is 5.02 Å². The van der Waals surface area contributed by atoms with E-state index in [0.29, 0.717) is 16.6 Å². The van der Waals surface area contributed by atoms with Crippen LogP contribution in [-0.2, 0) is 6.42 Å². The van der Waals surface area contributed by atoms with E-state index in [4.69, 9.17) is 11.6 Å². The lowest BCUT2D eigenvalue weighted by Crippen LogP contribution is -2.13. The minimum atomic E-state index is -0.553. The van der Waals surface area contributed by atoms with Gasteiger partial charge in [-0.05, 0) is 29.8 Å². The Kier molecular flexibility index (Phi) is 4.69. The predicted molar refractivity (Wildman–Crippen MR) is 90.7 cm³/mol. The Morgan fingerprint density at radius 2 is 1.91 bits per heavy atom. The number of nitrogens with zero attached hydrogens (tertiary/aromatic N) is 1. The number of hydrogen-bond donors (Lipinski definition) is 1. The summed E-state index contributed by atoms with van der Waals surface area (Å²) >= 11 is 7.22. The molecular weight excluding hydrogens is 335 g/mol. The highest BCUT2D eigenvalue weighted by Gasteiger charge is 2.13. The van der Waals surface area contributed by atoms with Crippen LogP contribution in [0, 0.1) is 5.82 Å². The molecule has 2 aromatic carbocycles. The van der Waals surface area contributed by atoms with E-state index in [1.54, 1.807) is 18.3 Å². The molecule has 0 radical (unpaired) electrons. The standard InChI is InChI=1S/C17H12ClFN2OS/c18-12-7-5-11(6-8-12)9-13-10-20-17(23-13)21-16(22)14-3-1-2-4-15(14)19/h1-8,10H,9H2,(H,20,21,22). The summed E-state index contributed by atoms with van der Waals surface area (Å²) in [5.41, 5.74) is 1.10. The molecule has 6 heteroatoms. The van der Waals surface area contributed by atoms with Gasteiger partial charge in [0.25, 0.3) is 5.91 Å². The summed E-state index contributed by atoms with van der Waals surface area (Å²) in [6.07, 6.45) is 2.40. The second kappa shape index (κ2) is 6.89. The number of amides is 1. The second-order valence-corrected chi connectivity index (χ2v) is 6.42. The van der Waals surface area contributed by atoms with Crippen molar-refractivity contribution in [3.63, 3.8) is 0 Å². The highest BCUT2D eigenvalue weighted by atomic mass is 35.5. The number of carbonyl (C=O) groups excluding carboxylic acids is 1. The first kappa shape index (κ1) is 15.6. The molecule has 0 aliphatic heterocycles. The molecule has 1 N–H and O–H groups in total. The van der Waals surface area contributed by atoms with Gasteiger partial charge in [-0.2, -0.15) is 0 Å². The molecule has 3 nitrogen and oxygen atoms in total. The summed E-state index contributed by atoms with van der Waals surface area (Å²) in [4.78, 5) is 17.2. The first-order valence-electron chi connectivity index (χ1n) is 6.87. The third kappa shape index (κ3) is 3.94. The van der Waals surface area contributed by atoms with E-state index >= 15 is 0 Å². The molecule has 0 aliphatic rings. The maximum Gasteiger partial charge on any atom is 0.260 e. The van der Waals surface area contributed by atoms with Crippen LogP contribution in [0.25, 0.3) is 0 Å². The largest absolute Gasteiger partial charge is 0.298 e. The van der Waals surface area contributed by atoms with Crippen molar-refractivity contribution >= 4 is 34.0 Å². The van der Waals surface area contributed by atoms with Gasteiger partial charge in [-0.15, -0.1) is 11.3 Å². The summed E-state index contributed by atoms with van der Waals surface area (Å²) in [6, 6.07) is 13.4. The van der Waals surface area contributed by atoms with Gasteiger partial charge in [-0.25, -0.2) is 9.37 Å². The van der Waals surface area contributed by atoms with Gasteiger partial charge < -0.3 is 0 Å². The number of anilines is 1. The van der Waals surface area contributed by atoms with E-state index in [1.807, 2.05) is 24.3 Å². The van der Waals surface area contributed by atoms with Crippen LogP contribution in [0.4, 0.5) is 9.52 Å². The van der Waals surface area contributed by atoms with Crippen LogP contribution in [0.3, 0.4) is 0 Å². The van der Waals surface area contributed by atoms with Crippen molar-refractivity contribution in [3.05, 3.63) is 81.6 Å². The van der Waals surface area contributed by atoms with Gasteiger partial charge in [0.15, 0.2) is 5.13 Å². The van der Waals surface area contributed by atoms with E-state index in [0.717, 1.165) is 10.4 Å². The van der Waals surface area contributed by atoms with E-state index in [1.165, 1.54) is 23.5 Å². The van der Waals surface area contributed by atoms with Crippen LogP contribution >= 0.6 is 22.9 Å². The number of hydrogen-bond acceptors (Lipinski definition) is 3. The fraction of sp³-hybridized carbons (Fsp3) is 0.0588. The summed E-state index contributed by atoms with van der Waals surface area (Å²) < 4.78 is 13.6. The normalized spacial score (nSPS) is 10.5. The molecule has 0 saturated carbocycles. The van der Waals surface area contributed by atoms with Gasteiger partial charge in [0.2, 0.25) is 0 Å². The third-order valence-electron chi connectivity index (χ3n) is 3.18. The Morgan fingerprint density at radius 3 is 2.65 bits per heavy atom. The molecule has 3 aromatic rings. The Morgan fingerprint density at radius 1 is 1.17 bits per heavy atom. The molecule has 0 aliphatic carbocycles. The van der Waals surface area contributed by atoms with Gasteiger partial charge in [-0.3, -0.25) is 10.1 Å². The highest BCUT2D eigenvalue weighted by molar-refractivity contribution is 7.15. The van der Waals surface area contributed by atoms with Crippen LogP contribution in [0.5, 0.6) is 0 Å². The zero-order valence-corrected chi connectivity index (χ0v) is 13.5. The van der Waals surface area contributed by atoms with Crippen molar-refractivity contribution in [1.82, 2.24) is 4.98 Å². The lowest BCUT2D eigenvalue weighted by Gasteiger charge is -2.02. The average Bonchev–Trinajstić information content (AvgIpc) is 2.97. The number of benzene rings is 2. The lowest BCUT2D eigenvalue weighted by atomic mass is 10.1. The first-order chi connectivity index (χ1) is 11.1. The smallest absolute Gasteiger partial charge is 0.260 e. The molecule has 0 spiro atoms. The molecule has 0 bridgehead atoms. The summed E-state index contributed by atoms with van der Waals surface area (Å²) in [5.74, 6) is -1.06. The molecule has 0 saturated heterocycles. The number of thiazole rings is 1. The maximum absolute atomic E-state index is 13.6. The van der Waals surface area contributed by atoms with Crippen LogP contribution in [-0.4, -0.2) is 10.9 Å². The number of aromatic nitrogens is 1. The zero-order chi connectivity index (χ0) is 16.2. The molecule has 0 fully saturated rings. The van der Waals surface area contributed by atoms with Crippen molar-refractivity contribution in [3.8, 4) is 0 Å². The van der Waals surface area contributed by atoms with Gasteiger partial charge in [0.1, 0.15) is 5.82 Å². The molecule has 1 amide bonds. The molecule has 1 heterocycles. The molecular formula is C17H12ClFN2OS. The molecule has 3 rings (SSSR count). The van der Waals surface area contributed by atoms with Crippen molar-refractivity contribution in [1.29, 1.82) is 0 Å². The maximum atomic E-state index is 13.6. The fourth-order valence-corrected chi connectivity index (χ4v) is 3.03. The van der Waals surface area contributed by atoms with E-state index in [-0.39, 0.29) is 5.56 Å². The highest BCUT2D eigenvalue weighted by Crippen LogP contribution is 2.22. The Hall–Kier alpha value is -2.24. The van der Waals surface area contributed by atoms with Gasteiger partial charge in [0, 0.05) is 22.5 Å². The monoisotopic (exact) mass is 346 g/mol. The van der Waals surface area contributed by atoms with Crippen LogP contribution in [0.15, 0.2) is 54.7 Å². The van der Waals surface area contributed by atoms with E-state index in [9.17, 15) is 9.18 Å². The Balaban J connectivity index is 1.69. The van der Waals surface area contributed by atoms with E-state index in [2.05, 4.69) is 10.3 Å². The zero-order valence-electron chi connectivity index (χ0n) is 11.9. The van der Waals surface area contributed by atoms with Crippen molar-refractivity contribution in [2.24, 2.45) is 0 Å². The first-order valence-corrected chi connectivity index (χ1v) is 8.06. The topological polar surface area (TPSA) is 42.0 Å². The minimum Gasteiger partial charge on any atom is -0.298 e. The van der Waals surface area contributed by atoms with Crippen LogP contribution in [0.1, 0.15) is 20.8 Å². The minimum absolute atomic E-state index is 0.00181. The quantitative estimate of drug-likeness (QED) is 0.738. The molecule has 116 valence electrons. The van der Waals surface area contributed by atoms with Crippen molar-refractivity contribution < 1.29 is 9.18 Å². The number of carbonyl (C=O) groups is 1. The third-order valence-corrected chi connectivity index (χ3v) is 4.35. The lowest BCUT2D eigenvalue weighted by molar-refractivity contribution is 0.102. The number of nitrogens with one attached hydrogen (secondary N) is 1. The molecule has 23 heavy (non-hydrogen) atoms. The van der Waals surface area contributed by atoms with Crippen molar-refractivity contribution in [2.45, 2.75) is 6.42 Å². The Bertz CT molecular complexity index is 833. The fourth-order valence-electron chi connectivity index (χ4n) is 2.06. The van der Waals surface area contributed by atoms with E-state index < -0.39 is 11.7 Å². The van der Waals surface area contributed by atoms with Crippen molar-refractivity contribution in [2.75, 3.05) is 5.32 Å². The summed E-state index contributed by atoms with van der Waals surface area (Å²) in [5, 5.41) is 3.76. The molecule has 1 aromatic heterocycles.